The number of nitrogens with one attached hydrogen (secondary N) is 1. The van der Waals surface area contributed by atoms with Gasteiger partial charge < -0.3 is 24.3 Å². The number of aromatic amines is 1. The number of piperazine rings is 1. The number of fused-ring (bicyclic) bond motifs is 5. The Hall–Kier alpha value is -3.48. The Morgan fingerprint density at radius 2 is 1.93 bits per heavy atom. The number of hydrogen-bond acceptors (Lipinski definition) is 4. The largest absolute Gasteiger partial charge is 0.454 e. The number of nitrogens with zero attached hydrogens (tertiary/aromatic N) is 2. The van der Waals surface area contributed by atoms with E-state index < -0.39 is 12.1 Å². The van der Waals surface area contributed by atoms with Crippen molar-refractivity contribution in [3.63, 3.8) is 0 Å². The standard InChI is InChI=1S/C22H19N3O4/c1-24-10-18(26)25-16(22(24)27)9-14-12-5-2-3-7-15(12)23-19(14)20(25)13-6-4-8-17-21(13)29-11-28-17/h2-8,16,20,23H,9-11H2,1H3/t16-,20-/m1/s1. The summed E-state index contributed by atoms with van der Waals surface area (Å²) in [6.07, 6.45) is 0.497. The third-order valence-corrected chi connectivity index (χ3v) is 6.17. The highest BCUT2D eigenvalue weighted by molar-refractivity contribution is 5.97. The van der Waals surface area contributed by atoms with Crippen molar-refractivity contribution in [1.82, 2.24) is 14.8 Å². The highest BCUT2D eigenvalue weighted by Crippen LogP contribution is 2.48. The Morgan fingerprint density at radius 1 is 1.07 bits per heavy atom. The smallest absolute Gasteiger partial charge is 0.245 e. The van der Waals surface area contributed by atoms with Gasteiger partial charge in [-0.15, -0.1) is 0 Å². The summed E-state index contributed by atoms with van der Waals surface area (Å²) >= 11 is 0. The van der Waals surface area contributed by atoms with E-state index >= 15 is 0 Å². The van der Waals surface area contributed by atoms with E-state index in [-0.39, 0.29) is 25.2 Å². The van der Waals surface area contributed by atoms with Crippen LogP contribution in [0.5, 0.6) is 11.5 Å². The zero-order chi connectivity index (χ0) is 19.7. The van der Waals surface area contributed by atoms with Gasteiger partial charge in [0.2, 0.25) is 18.6 Å². The van der Waals surface area contributed by atoms with E-state index in [0.717, 1.165) is 27.7 Å². The van der Waals surface area contributed by atoms with Crippen molar-refractivity contribution in [3.05, 3.63) is 59.3 Å². The van der Waals surface area contributed by atoms with Gasteiger partial charge in [0.05, 0.1) is 6.54 Å². The molecule has 3 aliphatic rings. The van der Waals surface area contributed by atoms with Crippen LogP contribution in [0.25, 0.3) is 10.9 Å². The van der Waals surface area contributed by atoms with Gasteiger partial charge in [0.1, 0.15) is 12.1 Å². The minimum absolute atomic E-state index is 0.0322. The lowest BCUT2D eigenvalue weighted by Gasteiger charge is -2.46. The number of aromatic nitrogens is 1. The second-order valence-corrected chi connectivity index (χ2v) is 7.76. The fourth-order valence-electron chi connectivity index (χ4n) is 4.90. The second-order valence-electron chi connectivity index (χ2n) is 7.76. The average Bonchev–Trinajstić information content (AvgIpc) is 3.35. The summed E-state index contributed by atoms with van der Waals surface area (Å²) in [6, 6.07) is 12.8. The van der Waals surface area contributed by atoms with Crippen molar-refractivity contribution < 1.29 is 19.1 Å². The molecule has 1 saturated heterocycles. The number of carbonyl (C=O) groups is 2. The first-order valence-electron chi connectivity index (χ1n) is 9.67. The summed E-state index contributed by atoms with van der Waals surface area (Å²) in [5, 5.41) is 1.09. The molecule has 2 aromatic carbocycles. The van der Waals surface area contributed by atoms with Crippen LogP contribution in [0.1, 0.15) is 22.9 Å². The van der Waals surface area contributed by atoms with Crippen LogP contribution in [-0.4, -0.2) is 53.0 Å². The fourth-order valence-corrected chi connectivity index (χ4v) is 4.90. The number of benzene rings is 2. The monoisotopic (exact) mass is 389 g/mol. The molecule has 7 nitrogen and oxygen atoms in total. The van der Waals surface area contributed by atoms with Gasteiger partial charge in [-0.2, -0.15) is 0 Å². The molecule has 2 amide bonds. The van der Waals surface area contributed by atoms with E-state index in [0.29, 0.717) is 17.9 Å². The fraction of sp³-hybridized carbons (Fsp3) is 0.273. The van der Waals surface area contributed by atoms with Crippen LogP contribution < -0.4 is 9.47 Å². The van der Waals surface area contributed by atoms with Crippen molar-refractivity contribution in [2.45, 2.75) is 18.5 Å². The van der Waals surface area contributed by atoms with E-state index in [4.69, 9.17) is 9.47 Å². The Labute approximate surface area is 166 Å². The maximum Gasteiger partial charge on any atom is 0.245 e. The number of carbonyl (C=O) groups excluding carboxylic acids is 2. The molecule has 1 N–H and O–H groups in total. The number of rotatable bonds is 1. The molecular weight excluding hydrogens is 370 g/mol. The van der Waals surface area contributed by atoms with E-state index in [1.54, 1.807) is 11.9 Å². The molecule has 0 radical (unpaired) electrons. The zero-order valence-corrected chi connectivity index (χ0v) is 15.8. The van der Waals surface area contributed by atoms with Gasteiger partial charge >= 0.3 is 0 Å². The molecule has 2 atom stereocenters. The first kappa shape index (κ1) is 16.5. The number of likely N-dealkylation sites (N-methyl/N-ethyl adjacent to an activating group) is 1. The molecule has 0 aliphatic carbocycles. The van der Waals surface area contributed by atoms with Crippen LogP contribution in [-0.2, 0) is 16.0 Å². The maximum atomic E-state index is 13.1. The first-order chi connectivity index (χ1) is 14.1. The SMILES string of the molecule is CN1CC(=O)N2[C@H](c3cccc4c3OCO4)c3[nH]c4ccccc4c3C[C@@H]2C1=O. The van der Waals surface area contributed by atoms with E-state index in [2.05, 4.69) is 11.1 Å². The van der Waals surface area contributed by atoms with Gasteiger partial charge in [-0.1, -0.05) is 30.3 Å². The van der Waals surface area contributed by atoms with Crippen molar-refractivity contribution in [2.75, 3.05) is 20.4 Å². The molecule has 1 aromatic heterocycles. The van der Waals surface area contributed by atoms with Crippen LogP contribution in [0.2, 0.25) is 0 Å². The summed E-state index contributed by atoms with van der Waals surface area (Å²) < 4.78 is 11.3. The Balaban J connectivity index is 1.63. The molecule has 0 saturated carbocycles. The number of ether oxygens (including phenoxy) is 2. The molecule has 7 heteroatoms. The Morgan fingerprint density at radius 3 is 2.83 bits per heavy atom. The lowest BCUT2D eigenvalue weighted by Crippen LogP contribution is -2.62. The predicted molar refractivity (Wildman–Crippen MR) is 105 cm³/mol. The van der Waals surface area contributed by atoms with Crippen molar-refractivity contribution in [1.29, 1.82) is 0 Å². The van der Waals surface area contributed by atoms with Crippen molar-refractivity contribution in [2.24, 2.45) is 0 Å². The summed E-state index contributed by atoms with van der Waals surface area (Å²) in [7, 11) is 1.69. The lowest BCUT2D eigenvalue weighted by atomic mass is 9.86. The molecule has 1 fully saturated rings. The Bertz CT molecular complexity index is 1180. The van der Waals surface area contributed by atoms with Gasteiger partial charge in [0.25, 0.3) is 0 Å². The average molecular weight is 389 g/mol. The van der Waals surface area contributed by atoms with E-state index in [9.17, 15) is 9.59 Å². The summed E-state index contributed by atoms with van der Waals surface area (Å²) in [6.45, 7) is 0.228. The van der Waals surface area contributed by atoms with Gasteiger partial charge in [0.15, 0.2) is 11.5 Å². The summed E-state index contributed by atoms with van der Waals surface area (Å²) in [5.41, 5.74) is 3.86. The second kappa shape index (κ2) is 5.76. The third-order valence-electron chi connectivity index (χ3n) is 6.17. The quantitative estimate of drug-likeness (QED) is 0.693. The molecule has 3 aliphatic heterocycles. The van der Waals surface area contributed by atoms with Crippen LogP contribution in [0, 0.1) is 0 Å². The topological polar surface area (TPSA) is 74.9 Å². The maximum absolute atomic E-state index is 13.1. The summed E-state index contributed by atoms with van der Waals surface area (Å²) in [4.78, 5) is 33.0. The third kappa shape index (κ3) is 2.18. The normalized spacial score (nSPS) is 22.8. The number of hydrogen-bond donors (Lipinski definition) is 1. The lowest BCUT2D eigenvalue weighted by molar-refractivity contribution is -0.157. The molecule has 0 unspecified atom stereocenters. The molecule has 4 heterocycles. The van der Waals surface area contributed by atoms with Crippen LogP contribution in [0.4, 0.5) is 0 Å². The summed E-state index contributed by atoms with van der Waals surface area (Å²) in [5.74, 6) is 1.20. The Kier molecular flexibility index (Phi) is 3.27. The van der Waals surface area contributed by atoms with Crippen LogP contribution >= 0.6 is 0 Å². The van der Waals surface area contributed by atoms with Crippen molar-refractivity contribution >= 4 is 22.7 Å². The minimum atomic E-state index is -0.531. The van der Waals surface area contributed by atoms with Gasteiger partial charge in [0, 0.05) is 35.6 Å². The highest BCUT2D eigenvalue weighted by atomic mass is 16.7. The first-order valence-corrected chi connectivity index (χ1v) is 9.67. The number of H-pyrrole nitrogens is 1. The van der Waals surface area contributed by atoms with Gasteiger partial charge in [-0.3, -0.25) is 9.59 Å². The predicted octanol–water partition coefficient (Wildman–Crippen LogP) is 2.21. The van der Waals surface area contributed by atoms with Gasteiger partial charge in [-0.05, 0) is 17.7 Å². The van der Waals surface area contributed by atoms with E-state index in [1.807, 2.05) is 36.4 Å². The number of para-hydroxylation sites is 2. The molecular formula is C22H19N3O4. The minimum Gasteiger partial charge on any atom is -0.454 e. The highest BCUT2D eigenvalue weighted by Gasteiger charge is 2.48. The molecule has 0 spiro atoms. The van der Waals surface area contributed by atoms with Crippen molar-refractivity contribution in [3.8, 4) is 11.5 Å². The molecule has 29 heavy (non-hydrogen) atoms. The molecule has 146 valence electrons. The number of amides is 2. The molecule has 6 rings (SSSR count). The van der Waals surface area contributed by atoms with Crippen LogP contribution in [0.3, 0.4) is 0 Å². The molecule has 3 aromatic rings. The van der Waals surface area contributed by atoms with Gasteiger partial charge in [-0.25, -0.2) is 0 Å². The van der Waals surface area contributed by atoms with E-state index in [1.165, 1.54) is 4.90 Å². The molecule has 0 bridgehead atoms. The zero-order valence-electron chi connectivity index (χ0n) is 15.8. The van der Waals surface area contributed by atoms with Crippen LogP contribution in [0.15, 0.2) is 42.5 Å².